The van der Waals surface area contributed by atoms with Crippen LogP contribution in [0.3, 0.4) is 0 Å². The largest absolute Gasteiger partial charge is 0.198 e. The summed E-state index contributed by atoms with van der Waals surface area (Å²) in [5.74, 6) is 0.504. The number of nitriles is 1. The molecule has 0 radical (unpaired) electrons. The lowest BCUT2D eigenvalue weighted by Crippen LogP contribution is -2.13. The Labute approximate surface area is 112 Å². The SMILES string of the molecule is CCC(CC)C(C#N)c1ccc(C(C)(C)C)cc1. The summed E-state index contributed by atoms with van der Waals surface area (Å²) in [5.41, 5.74) is 2.67. The second-order valence-corrected chi connectivity index (χ2v) is 6.06. The van der Waals surface area contributed by atoms with Crippen LogP contribution in [0.1, 0.15) is 64.5 Å². The quantitative estimate of drug-likeness (QED) is 0.727. The van der Waals surface area contributed by atoms with E-state index in [0.29, 0.717) is 5.92 Å². The molecule has 0 amide bonds. The van der Waals surface area contributed by atoms with Gasteiger partial charge in [-0.3, -0.25) is 0 Å². The zero-order valence-electron chi connectivity index (χ0n) is 12.3. The van der Waals surface area contributed by atoms with Gasteiger partial charge in [0.25, 0.3) is 0 Å². The second kappa shape index (κ2) is 6.05. The summed E-state index contributed by atoms with van der Waals surface area (Å²) < 4.78 is 0. The van der Waals surface area contributed by atoms with Gasteiger partial charge < -0.3 is 0 Å². The van der Waals surface area contributed by atoms with Crippen LogP contribution in [0.15, 0.2) is 24.3 Å². The molecule has 1 nitrogen and oxygen atoms in total. The third-order valence-electron chi connectivity index (χ3n) is 3.80. The van der Waals surface area contributed by atoms with Crippen LogP contribution in [0.5, 0.6) is 0 Å². The fourth-order valence-corrected chi connectivity index (χ4v) is 2.40. The van der Waals surface area contributed by atoms with E-state index in [1.807, 2.05) is 0 Å². The zero-order valence-corrected chi connectivity index (χ0v) is 12.3. The van der Waals surface area contributed by atoms with E-state index < -0.39 is 0 Å². The van der Waals surface area contributed by atoms with Crippen LogP contribution in [0.4, 0.5) is 0 Å². The lowest BCUT2D eigenvalue weighted by molar-refractivity contribution is 0.452. The molecule has 18 heavy (non-hydrogen) atoms. The molecule has 1 atom stereocenters. The van der Waals surface area contributed by atoms with Crippen molar-refractivity contribution in [1.82, 2.24) is 0 Å². The van der Waals surface area contributed by atoms with Crippen LogP contribution < -0.4 is 0 Å². The Balaban J connectivity index is 3.00. The normalized spacial score (nSPS) is 13.4. The highest BCUT2D eigenvalue weighted by Crippen LogP contribution is 2.31. The summed E-state index contributed by atoms with van der Waals surface area (Å²) in [6, 6.07) is 11.1. The van der Waals surface area contributed by atoms with E-state index in [1.165, 1.54) is 11.1 Å². The molecular weight excluding hydrogens is 218 g/mol. The van der Waals surface area contributed by atoms with Gasteiger partial charge in [-0.05, 0) is 22.5 Å². The van der Waals surface area contributed by atoms with Crippen molar-refractivity contribution < 1.29 is 0 Å². The highest BCUT2D eigenvalue weighted by molar-refractivity contribution is 5.32. The van der Waals surface area contributed by atoms with Crippen LogP contribution >= 0.6 is 0 Å². The maximum Gasteiger partial charge on any atom is 0.0740 e. The fourth-order valence-electron chi connectivity index (χ4n) is 2.40. The van der Waals surface area contributed by atoms with E-state index in [9.17, 15) is 5.26 Å². The average molecular weight is 243 g/mol. The van der Waals surface area contributed by atoms with E-state index in [1.54, 1.807) is 0 Å². The van der Waals surface area contributed by atoms with Gasteiger partial charge in [0, 0.05) is 0 Å². The third kappa shape index (κ3) is 3.35. The van der Waals surface area contributed by atoms with Crippen LogP contribution in [-0.2, 0) is 5.41 Å². The molecule has 1 heteroatoms. The predicted octanol–water partition coefficient (Wildman–Crippen LogP) is 5.03. The fraction of sp³-hybridized carbons (Fsp3) is 0.588. The lowest BCUT2D eigenvalue weighted by atomic mass is 9.81. The molecule has 0 N–H and O–H groups in total. The van der Waals surface area contributed by atoms with Crippen molar-refractivity contribution in [2.75, 3.05) is 0 Å². The van der Waals surface area contributed by atoms with Crippen LogP contribution in [0.2, 0.25) is 0 Å². The first-order valence-electron chi connectivity index (χ1n) is 6.94. The van der Waals surface area contributed by atoms with Crippen molar-refractivity contribution in [1.29, 1.82) is 5.26 Å². The number of benzene rings is 1. The van der Waals surface area contributed by atoms with E-state index >= 15 is 0 Å². The molecule has 0 saturated heterocycles. The summed E-state index contributed by atoms with van der Waals surface area (Å²) in [7, 11) is 0. The van der Waals surface area contributed by atoms with Crippen LogP contribution in [0, 0.1) is 17.2 Å². The molecule has 1 aromatic carbocycles. The Bertz CT molecular complexity index is 399. The minimum atomic E-state index is 0.0361. The lowest BCUT2D eigenvalue weighted by Gasteiger charge is -2.22. The molecule has 0 aliphatic carbocycles. The van der Waals surface area contributed by atoms with E-state index in [2.05, 4.69) is 65.0 Å². The Kier molecular flexibility index (Phi) is 4.96. The molecular formula is C17H25N. The van der Waals surface area contributed by atoms with Gasteiger partial charge in [0.2, 0.25) is 0 Å². The van der Waals surface area contributed by atoms with Crippen LogP contribution in [-0.4, -0.2) is 0 Å². The third-order valence-corrected chi connectivity index (χ3v) is 3.80. The van der Waals surface area contributed by atoms with Crippen molar-refractivity contribution >= 4 is 0 Å². The van der Waals surface area contributed by atoms with Gasteiger partial charge in [-0.25, -0.2) is 0 Å². The van der Waals surface area contributed by atoms with Crippen molar-refractivity contribution in [3.05, 3.63) is 35.4 Å². The minimum absolute atomic E-state index is 0.0361. The smallest absolute Gasteiger partial charge is 0.0740 e. The monoisotopic (exact) mass is 243 g/mol. The van der Waals surface area contributed by atoms with Crippen molar-refractivity contribution in [2.45, 2.75) is 58.8 Å². The van der Waals surface area contributed by atoms with Gasteiger partial charge >= 0.3 is 0 Å². The van der Waals surface area contributed by atoms with Crippen molar-refractivity contribution in [3.63, 3.8) is 0 Å². The first-order valence-corrected chi connectivity index (χ1v) is 6.94. The Morgan fingerprint density at radius 3 is 1.89 bits per heavy atom. The first-order chi connectivity index (χ1) is 8.43. The Morgan fingerprint density at radius 2 is 1.56 bits per heavy atom. The van der Waals surface area contributed by atoms with Gasteiger partial charge in [0.05, 0.1) is 12.0 Å². The maximum absolute atomic E-state index is 9.39. The van der Waals surface area contributed by atoms with E-state index in [-0.39, 0.29) is 11.3 Å². The predicted molar refractivity (Wildman–Crippen MR) is 77.6 cm³/mol. The summed E-state index contributed by atoms with van der Waals surface area (Å²) >= 11 is 0. The van der Waals surface area contributed by atoms with Gasteiger partial charge in [-0.2, -0.15) is 5.26 Å². The van der Waals surface area contributed by atoms with Gasteiger partial charge in [0.15, 0.2) is 0 Å². The van der Waals surface area contributed by atoms with E-state index in [4.69, 9.17) is 0 Å². The number of hydrogen-bond acceptors (Lipinski definition) is 1. The number of nitrogens with zero attached hydrogens (tertiary/aromatic N) is 1. The van der Waals surface area contributed by atoms with Gasteiger partial charge in [-0.15, -0.1) is 0 Å². The molecule has 0 heterocycles. The Hall–Kier alpha value is -1.29. The van der Waals surface area contributed by atoms with Crippen LogP contribution in [0.25, 0.3) is 0 Å². The topological polar surface area (TPSA) is 23.8 Å². The molecule has 0 saturated carbocycles. The maximum atomic E-state index is 9.39. The number of hydrogen-bond donors (Lipinski definition) is 0. The Morgan fingerprint density at radius 1 is 1.06 bits per heavy atom. The van der Waals surface area contributed by atoms with Crippen molar-refractivity contribution in [3.8, 4) is 6.07 Å². The molecule has 1 unspecified atom stereocenters. The second-order valence-electron chi connectivity index (χ2n) is 6.06. The minimum Gasteiger partial charge on any atom is -0.198 e. The number of rotatable bonds is 4. The zero-order chi connectivity index (χ0) is 13.8. The summed E-state index contributed by atoms with van der Waals surface area (Å²) in [5, 5.41) is 9.39. The average Bonchev–Trinajstić information content (AvgIpc) is 2.35. The van der Waals surface area contributed by atoms with Gasteiger partial charge in [0.1, 0.15) is 0 Å². The molecule has 0 aromatic heterocycles. The highest BCUT2D eigenvalue weighted by atomic mass is 14.3. The molecule has 1 rings (SSSR count). The molecule has 98 valence electrons. The molecule has 0 aliphatic heterocycles. The van der Waals surface area contributed by atoms with Crippen molar-refractivity contribution in [2.24, 2.45) is 5.92 Å². The molecule has 0 spiro atoms. The molecule has 0 bridgehead atoms. The standard InChI is InChI=1S/C17H25N/c1-6-13(7-2)16(12-18)14-8-10-15(11-9-14)17(3,4)5/h8-11,13,16H,6-7H2,1-5H3. The summed E-state index contributed by atoms with van der Waals surface area (Å²) in [4.78, 5) is 0. The van der Waals surface area contributed by atoms with Gasteiger partial charge in [-0.1, -0.05) is 71.7 Å². The summed E-state index contributed by atoms with van der Waals surface area (Å²) in [6.45, 7) is 11.0. The highest BCUT2D eigenvalue weighted by Gasteiger charge is 2.21. The molecule has 0 fully saturated rings. The molecule has 0 aliphatic rings. The summed E-state index contributed by atoms with van der Waals surface area (Å²) in [6.07, 6.45) is 2.13. The van der Waals surface area contributed by atoms with E-state index in [0.717, 1.165) is 12.8 Å². The first kappa shape index (κ1) is 14.8. The molecule has 1 aromatic rings.